The Morgan fingerprint density at radius 1 is 1.04 bits per heavy atom. The number of aryl methyl sites for hydroxylation is 1. The first-order valence-electron chi connectivity index (χ1n) is 8.84. The van der Waals surface area contributed by atoms with Crippen molar-refractivity contribution in [1.82, 2.24) is 15.0 Å². The van der Waals surface area contributed by atoms with Crippen LogP contribution in [0.15, 0.2) is 40.8 Å². The normalized spacial score (nSPS) is 10.7. The highest BCUT2D eigenvalue weighted by molar-refractivity contribution is 5.33. The zero-order chi connectivity index (χ0) is 19.2. The molecule has 0 unspecified atom stereocenters. The van der Waals surface area contributed by atoms with Crippen LogP contribution in [-0.4, -0.2) is 35.7 Å². The molecule has 142 valence electrons. The van der Waals surface area contributed by atoms with E-state index < -0.39 is 0 Å². The van der Waals surface area contributed by atoms with Crippen LogP contribution in [0.2, 0.25) is 0 Å². The van der Waals surface area contributed by atoms with Crippen LogP contribution in [0.25, 0.3) is 0 Å². The molecule has 0 aliphatic heterocycles. The van der Waals surface area contributed by atoms with Gasteiger partial charge in [-0.2, -0.15) is 15.0 Å². The van der Waals surface area contributed by atoms with Crippen molar-refractivity contribution in [3.05, 3.63) is 59.3 Å². The molecule has 3 rings (SSSR count). The van der Waals surface area contributed by atoms with Gasteiger partial charge in [0, 0.05) is 13.5 Å². The number of ether oxygens (including phenoxy) is 2. The maximum absolute atomic E-state index is 5.65. The van der Waals surface area contributed by atoms with Crippen LogP contribution in [0.4, 0.5) is 5.95 Å². The van der Waals surface area contributed by atoms with Gasteiger partial charge in [0.1, 0.15) is 23.1 Å². The summed E-state index contributed by atoms with van der Waals surface area (Å²) in [7, 11) is 3.57. The summed E-state index contributed by atoms with van der Waals surface area (Å²) < 4.78 is 16.4. The van der Waals surface area contributed by atoms with Crippen LogP contribution < -0.4 is 14.4 Å². The Morgan fingerprint density at radius 2 is 1.81 bits per heavy atom. The fourth-order valence-electron chi connectivity index (χ4n) is 2.63. The van der Waals surface area contributed by atoms with Crippen molar-refractivity contribution in [2.24, 2.45) is 0 Å². The molecule has 0 fully saturated rings. The van der Waals surface area contributed by atoms with E-state index in [4.69, 9.17) is 13.9 Å². The van der Waals surface area contributed by atoms with E-state index in [-0.39, 0.29) is 0 Å². The third-order valence-electron chi connectivity index (χ3n) is 3.97. The smallest absolute Gasteiger partial charge is 0.321 e. The first kappa shape index (κ1) is 18.7. The molecular weight excluding hydrogens is 344 g/mol. The fourth-order valence-corrected chi connectivity index (χ4v) is 2.63. The summed E-state index contributed by atoms with van der Waals surface area (Å²) in [5, 5.41) is 0. The van der Waals surface area contributed by atoms with Gasteiger partial charge in [-0.25, -0.2) is 0 Å². The summed E-state index contributed by atoms with van der Waals surface area (Å²) in [6.45, 7) is 4.88. The first-order valence-corrected chi connectivity index (χ1v) is 8.84. The topological polar surface area (TPSA) is 73.5 Å². The Bertz CT molecular complexity index is 877. The van der Waals surface area contributed by atoms with Gasteiger partial charge in [-0.3, -0.25) is 0 Å². The van der Waals surface area contributed by atoms with Gasteiger partial charge in [0.05, 0.1) is 20.3 Å². The Labute approximate surface area is 159 Å². The van der Waals surface area contributed by atoms with E-state index in [1.807, 2.05) is 62.2 Å². The number of nitrogens with zero attached hydrogens (tertiary/aromatic N) is 4. The number of benzene rings is 1. The third-order valence-corrected chi connectivity index (χ3v) is 3.97. The lowest BCUT2D eigenvalue weighted by Gasteiger charge is -2.17. The van der Waals surface area contributed by atoms with Crippen molar-refractivity contribution < 1.29 is 13.9 Å². The summed E-state index contributed by atoms with van der Waals surface area (Å²) in [6.07, 6.45) is 0.577. The second-order valence-corrected chi connectivity index (χ2v) is 6.16. The van der Waals surface area contributed by atoms with Gasteiger partial charge in [-0.05, 0) is 43.7 Å². The largest absolute Gasteiger partial charge is 0.497 e. The molecule has 0 atom stereocenters. The molecule has 2 heterocycles. The van der Waals surface area contributed by atoms with Gasteiger partial charge in [0.15, 0.2) is 0 Å². The number of rotatable bonds is 8. The Balaban J connectivity index is 1.82. The molecule has 27 heavy (non-hydrogen) atoms. The zero-order valence-corrected chi connectivity index (χ0v) is 16.1. The molecule has 0 N–H and O–H groups in total. The number of methoxy groups -OCH3 is 1. The molecule has 1 aromatic carbocycles. The highest BCUT2D eigenvalue weighted by Gasteiger charge is 2.13. The predicted octanol–water partition coefficient (Wildman–Crippen LogP) is 3.41. The van der Waals surface area contributed by atoms with Crippen LogP contribution >= 0.6 is 0 Å². The average molecular weight is 368 g/mol. The minimum atomic E-state index is 0.327. The summed E-state index contributed by atoms with van der Waals surface area (Å²) in [6, 6.07) is 12.1. The van der Waals surface area contributed by atoms with Crippen LogP contribution in [0.3, 0.4) is 0 Å². The van der Waals surface area contributed by atoms with Gasteiger partial charge < -0.3 is 18.8 Å². The number of hydrogen-bond acceptors (Lipinski definition) is 7. The van der Waals surface area contributed by atoms with Gasteiger partial charge in [-0.15, -0.1) is 0 Å². The molecular formula is C20H24N4O3. The highest BCUT2D eigenvalue weighted by atomic mass is 16.5. The standard InChI is InChI=1S/C20H24N4O3/c1-5-26-20-22-18(12-15-7-10-16(25-4)11-8-15)21-19(23-20)24(3)13-17-9-6-14(2)27-17/h6-11H,5,12-13H2,1-4H3. The maximum atomic E-state index is 5.65. The number of hydrogen-bond donors (Lipinski definition) is 0. The van der Waals surface area contributed by atoms with Crippen LogP contribution in [-0.2, 0) is 13.0 Å². The van der Waals surface area contributed by atoms with Gasteiger partial charge in [0.2, 0.25) is 5.95 Å². The Kier molecular flexibility index (Phi) is 5.90. The van der Waals surface area contributed by atoms with Crippen LogP contribution in [0, 0.1) is 6.92 Å². The van der Waals surface area contributed by atoms with E-state index in [1.54, 1.807) is 7.11 Å². The van der Waals surface area contributed by atoms with E-state index in [0.29, 0.717) is 37.4 Å². The van der Waals surface area contributed by atoms with Crippen LogP contribution in [0.1, 0.15) is 29.8 Å². The second-order valence-electron chi connectivity index (χ2n) is 6.16. The molecule has 0 spiro atoms. The van der Waals surface area contributed by atoms with Crippen molar-refractivity contribution >= 4 is 5.95 Å². The lowest BCUT2D eigenvalue weighted by molar-refractivity contribution is 0.310. The van der Waals surface area contributed by atoms with Crippen molar-refractivity contribution in [3.63, 3.8) is 0 Å². The van der Waals surface area contributed by atoms with Crippen molar-refractivity contribution in [3.8, 4) is 11.8 Å². The predicted molar refractivity (Wildman–Crippen MR) is 102 cm³/mol. The quantitative estimate of drug-likeness (QED) is 0.603. The molecule has 2 aromatic heterocycles. The zero-order valence-electron chi connectivity index (χ0n) is 16.1. The molecule has 7 heteroatoms. The summed E-state index contributed by atoms with van der Waals surface area (Å²) in [4.78, 5) is 15.4. The van der Waals surface area contributed by atoms with E-state index in [9.17, 15) is 0 Å². The van der Waals surface area contributed by atoms with Crippen LogP contribution in [0.5, 0.6) is 11.8 Å². The van der Waals surface area contributed by atoms with Crippen molar-refractivity contribution in [2.45, 2.75) is 26.8 Å². The first-order chi connectivity index (χ1) is 13.1. The summed E-state index contributed by atoms with van der Waals surface area (Å²) >= 11 is 0. The summed E-state index contributed by atoms with van der Waals surface area (Å²) in [5.41, 5.74) is 1.08. The lowest BCUT2D eigenvalue weighted by Crippen LogP contribution is -2.20. The monoisotopic (exact) mass is 368 g/mol. The second kappa shape index (κ2) is 8.53. The van der Waals surface area contributed by atoms with E-state index in [0.717, 1.165) is 22.8 Å². The van der Waals surface area contributed by atoms with Crippen molar-refractivity contribution in [1.29, 1.82) is 0 Å². The lowest BCUT2D eigenvalue weighted by atomic mass is 10.1. The Morgan fingerprint density at radius 3 is 2.44 bits per heavy atom. The molecule has 3 aromatic rings. The molecule has 0 saturated carbocycles. The fraction of sp³-hybridized carbons (Fsp3) is 0.350. The number of anilines is 1. The van der Waals surface area contributed by atoms with Gasteiger partial charge in [-0.1, -0.05) is 12.1 Å². The third kappa shape index (κ3) is 4.97. The van der Waals surface area contributed by atoms with Gasteiger partial charge in [0.25, 0.3) is 0 Å². The van der Waals surface area contributed by atoms with E-state index in [2.05, 4.69) is 15.0 Å². The van der Waals surface area contributed by atoms with E-state index >= 15 is 0 Å². The SMILES string of the molecule is CCOc1nc(Cc2ccc(OC)cc2)nc(N(C)Cc2ccc(C)o2)n1. The number of furan rings is 1. The molecule has 0 aliphatic carbocycles. The van der Waals surface area contributed by atoms with Gasteiger partial charge >= 0.3 is 6.01 Å². The minimum absolute atomic E-state index is 0.327. The molecule has 0 amide bonds. The molecule has 0 saturated heterocycles. The molecule has 0 radical (unpaired) electrons. The maximum Gasteiger partial charge on any atom is 0.321 e. The molecule has 0 aliphatic rings. The minimum Gasteiger partial charge on any atom is -0.497 e. The average Bonchev–Trinajstić information content (AvgIpc) is 3.07. The number of aromatic nitrogens is 3. The van der Waals surface area contributed by atoms with Crippen molar-refractivity contribution in [2.75, 3.05) is 25.7 Å². The van der Waals surface area contributed by atoms with E-state index in [1.165, 1.54) is 0 Å². The molecule has 7 nitrogen and oxygen atoms in total. The summed E-state index contributed by atoms with van der Waals surface area (Å²) in [5.74, 6) is 3.75. The highest BCUT2D eigenvalue weighted by Crippen LogP contribution is 2.18. The molecule has 0 bridgehead atoms. The Hall–Kier alpha value is -3.09.